The standard InChI is InChI=1S/C15H32N2O/c1-3-17(15-9-5-6-10-15)13-12-16-11-7-8-14-18-4-2/h15-16H,3-14H2,1-2H3. The van der Waals surface area contributed by atoms with Crippen LogP contribution in [0.15, 0.2) is 0 Å². The Morgan fingerprint density at radius 1 is 1.11 bits per heavy atom. The van der Waals surface area contributed by atoms with Gasteiger partial charge in [0.2, 0.25) is 0 Å². The molecule has 0 spiro atoms. The van der Waals surface area contributed by atoms with Gasteiger partial charge in [0.1, 0.15) is 0 Å². The molecule has 1 fully saturated rings. The van der Waals surface area contributed by atoms with E-state index in [0.717, 1.165) is 32.3 Å². The van der Waals surface area contributed by atoms with Crippen LogP contribution in [0.3, 0.4) is 0 Å². The average Bonchev–Trinajstić information content (AvgIpc) is 2.91. The zero-order valence-electron chi connectivity index (χ0n) is 12.4. The number of unbranched alkanes of at least 4 members (excludes halogenated alkanes) is 1. The molecule has 0 unspecified atom stereocenters. The van der Waals surface area contributed by atoms with Gasteiger partial charge in [-0.1, -0.05) is 19.8 Å². The van der Waals surface area contributed by atoms with Crippen molar-refractivity contribution in [1.82, 2.24) is 10.2 Å². The first-order valence-electron chi connectivity index (χ1n) is 7.91. The van der Waals surface area contributed by atoms with Gasteiger partial charge < -0.3 is 10.1 Å². The van der Waals surface area contributed by atoms with Crippen LogP contribution in [0.4, 0.5) is 0 Å². The van der Waals surface area contributed by atoms with Crippen molar-refractivity contribution in [3.8, 4) is 0 Å². The molecule has 1 rings (SSSR count). The quantitative estimate of drug-likeness (QED) is 0.575. The Bertz CT molecular complexity index is 181. The summed E-state index contributed by atoms with van der Waals surface area (Å²) in [5, 5.41) is 3.55. The molecule has 1 saturated carbocycles. The molecule has 0 bridgehead atoms. The molecule has 1 N–H and O–H groups in total. The molecule has 0 heterocycles. The van der Waals surface area contributed by atoms with E-state index in [4.69, 9.17) is 4.74 Å². The predicted octanol–water partition coefficient (Wildman–Crippen LogP) is 2.66. The van der Waals surface area contributed by atoms with Crippen LogP contribution in [-0.2, 0) is 4.74 Å². The summed E-state index contributed by atoms with van der Waals surface area (Å²) in [6.45, 7) is 10.8. The molecule has 3 nitrogen and oxygen atoms in total. The van der Waals surface area contributed by atoms with Crippen LogP contribution in [-0.4, -0.2) is 50.3 Å². The molecule has 0 aromatic rings. The summed E-state index contributed by atoms with van der Waals surface area (Å²) in [6, 6.07) is 0.870. The fourth-order valence-corrected chi connectivity index (χ4v) is 2.81. The smallest absolute Gasteiger partial charge is 0.0466 e. The number of ether oxygens (including phenoxy) is 1. The highest BCUT2D eigenvalue weighted by molar-refractivity contribution is 4.77. The van der Waals surface area contributed by atoms with Crippen LogP contribution in [0, 0.1) is 0 Å². The van der Waals surface area contributed by atoms with E-state index in [0.29, 0.717) is 0 Å². The number of nitrogens with one attached hydrogen (secondary N) is 1. The Labute approximate surface area is 113 Å². The zero-order chi connectivity index (χ0) is 13.1. The van der Waals surface area contributed by atoms with E-state index >= 15 is 0 Å². The van der Waals surface area contributed by atoms with Gasteiger partial charge in [-0.3, -0.25) is 4.90 Å². The lowest BCUT2D eigenvalue weighted by molar-refractivity contribution is 0.143. The van der Waals surface area contributed by atoms with E-state index in [1.54, 1.807) is 0 Å². The molecular weight excluding hydrogens is 224 g/mol. The lowest BCUT2D eigenvalue weighted by atomic mass is 10.2. The highest BCUT2D eigenvalue weighted by atomic mass is 16.5. The summed E-state index contributed by atoms with van der Waals surface area (Å²) in [5.41, 5.74) is 0. The summed E-state index contributed by atoms with van der Waals surface area (Å²) in [5.74, 6) is 0. The minimum atomic E-state index is 0.847. The van der Waals surface area contributed by atoms with Crippen LogP contribution in [0.25, 0.3) is 0 Å². The van der Waals surface area contributed by atoms with Gasteiger partial charge in [-0.05, 0) is 45.7 Å². The molecule has 18 heavy (non-hydrogen) atoms. The molecule has 3 heteroatoms. The van der Waals surface area contributed by atoms with Gasteiger partial charge >= 0.3 is 0 Å². The van der Waals surface area contributed by atoms with Gasteiger partial charge in [-0.2, -0.15) is 0 Å². The van der Waals surface area contributed by atoms with E-state index in [2.05, 4.69) is 24.1 Å². The first kappa shape index (κ1) is 15.9. The monoisotopic (exact) mass is 256 g/mol. The molecule has 1 aliphatic carbocycles. The minimum Gasteiger partial charge on any atom is -0.382 e. The second-order valence-corrected chi connectivity index (χ2v) is 5.22. The fraction of sp³-hybridized carbons (Fsp3) is 1.00. The largest absolute Gasteiger partial charge is 0.382 e. The molecule has 0 atom stereocenters. The van der Waals surface area contributed by atoms with Crippen molar-refractivity contribution in [3.63, 3.8) is 0 Å². The molecule has 108 valence electrons. The van der Waals surface area contributed by atoms with E-state index in [-0.39, 0.29) is 0 Å². The highest BCUT2D eigenvalue weighted by Gasteiger charge is 2.20. The SMILES string of the molecule is CCOCCCCNCCN(CC)C1CCCC1. The zero-order valence-corrected chi connectivity index (χ0v) is 12.4. The van der Waals surface area contributed by atoms with Gasteiger partial charge in [0.05, 0.1) is 0 Å². The normalized spacial score (nSPS) is 16.8. The summed E-state index contributed by atoms with van der Waals surface area (Å²) >= 11 is 0. The van der Waals surface area contributed by atoms with Crippen LogP contribution in [0.1, 0.15) is 52.4 Å². The second kappa shape index (κ2) is 10.8. The van der Waals surface area contributed by atoms with Crippen molar-refractivity contribution >= 4 is 0 Å². The minimum absolute atomic E-state index is 0.847. The van der Waals surface area contributed by atoms with Crippen molar-refractivity contribution in [3.05, 3.63) is 0 Å². The highest BCUT2D eigenvalue weighted by Crippen LogP contribution is 2.22. The van der Waals surface area contributed by atoms with Crippen molar-refractivity contribution in [2.24, 2.45) is 0 Å². The van der Waals surface area contributed by atoms with Gasteiger partial charge in [-0.15, -0.1) is 0 Å². The number of hydrogen-bond donors (Lipinski definition) is 1. The number of hydrogen-bond acceptors (Lipinski definition) is 3. The molecular formula is C15H32N2O. The number of rotatable bonds is 11. The Kier molecular flexibility index (Phi) is 9.54. The molecule has 0 saturated heterocycles. The van der Waals surface area contributed by atoms with E-state index in [9.17, 15) is 0 Å². The Morgan fingerprint density at radius 2 is 1.89 bits per heavy atom. The maximum atomic E-state index is 5.33. The summed E-state index contributed by atoms with van der Waals surface area (Å²) in [4.78, 5) is 2.65. The third-order valence-corrected chi connectivity index (χ3v) is 3.92. The third-order valence-electron chi connectivity index (χ3n) is 3.92. The van der Waals surface area contributed by atoms with Crippen LogP contribution in [0.2, 0.25) is 0 Å². The maximum absolute atomic E-state index is 5.33. The average molecular weight is 256 g/mol. The fourth-order valence-electron chi connectivity index (χ4n) is 2.81. The Morgan fingerprint density at radius 3 is 2.56 bits per heavy atom. The van der Waals surface area contributed by atoms with Crippen molar-refractivity contribution < 1.29 is 4.74 Å². The van der Waals surface area contributed by atoms with Crippen LogP contribution < -0.4 is 5.32 Å². The predicted molar refractivity (Wildman–Crippen MR) is 78.1 cm³/mol. The van der Waals surface area contributed by atoms with E-state index in [1.165, 1.54) is 51.6 Å². The summed E-state index contributed by atoms with van der Waals surface area (Å²) in [7, 11) is 0. The molecule has 0 aromatic heterocycles. The first-order valence-corrected chi connectivity index (χ1v) is 7.91. The van der Waals surface area contributed by atoms with Crippen molar-refractivity contribution in [2.75, 3.05) is 39.4 Å². The van der Waals surface area contributed by atoms with Gasteiger partial charge in [0.15, 0.2) is 0 Å². The van der Waals surface area contributed by atoms with Crippen LogP contribution >= 0.6 is 0 Å². The van der Waals surface area contributed by atoms with Crippen molar-refractivity contribution in [1.29, 1.82) is 0 Å². The van der Waals surface area contributed by atoms with Crippen LogP contribution in [0.5, 0.6) is 0 Å². The molecule has 0 aromatic carbocycles. The third kappa shape index (κ3) is 6.72. The van der Waals surface area contributed by atoms with E-state index < -0.39 is 0 Å². The lowest BCUT2D eigenvalue weighted by Crippen LogP contribution is -2.38. The first-order chi connectivity index (χ1) is 8.88. The Balaban J connectivity index is 1.92. The Hall–Kier alpha value is -0.120. The number of nitrogens with zero attached hydrogens (tertiary/aromatic N) is 1. The van der Waals surface area contributed by atoms with Gasteiger partial charge in [0.25, 0.3) is 0 Å². The summed E-state index contributed by atoms with van der Waals surface area (Å²) < 4.78 is 5.33. The summed E-state index contributed by atoms with van der Waals surface area (Å²) in [6.07, 6.45) is 8.12. The maximum Gasteiger partial charge on any atom is 0.0466 e. The topological polar surface area (TPSA) is 24.5 Å². The van der Waals surface area contributed by atoms with Crippen molar-refractivity contribution in [2.45, 2.75) is 58.4 Å². The van der Waals surface area contributed by atoms with Gasteiger partial charge in [-0.25, -0.2) is 0 Å². The molecule has 0 radical (unpaired) electrons. The number of likely N-dealkylation sites (N-methyl/N-ethyl adjacent to an activating group) is 1. The molecule has 0 amide bonds. The second-order valence-electron chi connectivity index (χ2n) is 5.22. The molecule has 1 aliphatic rings. The van der Waals surface area contributed by atoms with Gasteiger partial charge in [0, 0.05) is 32.3 Å². The lowest BCUT2D eigenvalue weighted by Gasteiger charge is -2.27. The molecule has 0 aliphatic heterocycles. The van der Waals surface area contributed by atoms with E-state index in [1.807, 2.05) is 0 Å².